The van der Waals surface area contributed by atoms with Gasteiger partial charge in [0.15, 0.2) is 5.58 Å². The molecule has 1 unspecified atom stereocenters. The molecule has 3 rings (SSSR count). The van der Waals surface area contributed by atoms with Crippen molar-refractivity contribution in [3.63, 3.8) is 0 Å². The molecule has 1 atom stereocenters. The third-order valence-electron chi connectivity index (χ3n) is 2.82. The van der Waals surface area contributed by atoms with Crippen LogP contribution in [0.2, 0.25) is 5.02 Å². The summed E-state index contributed by atoms with van der Waals surface area (Å²) in [6.45, 7) is 2.01. The zero-order valence-corrected chi connectivity index (χ0v) is 11.3. The lowest BCUT2D eigenvalue weighted by Crippen LogP contribution is -1.93. The number of aliphatic hydroxyl groups excluding tert-OH is 1. The minimum Gasteiger partial charge on any atom is -0.456 e. The van der Waals surface area contributed by atoms with Gasteiger partial charge in [-0.1, -0.05) is 23.7 Å². The highest BCUT2D eigenvalue weighted by atomic mass is 35.5. The van der Waals surface area contributed by atoms with Gasteiger partial charge in [-0.2, -0.15) is 0 Å². The molecule has 0 saturated heterocycles. The number of furan rings is 1. The Balaban J connectivity index is 2.06. The molecule has 2 nitrogen and oxygen atoms in total. The first-order valence-corrected chi connectivity index (χ1v) is 6.77. The summed E-state index contributed by atoms with van der Waals surface area (Å²) < 4.78 is 5.65. The first kappa shape index (κ1) is 11.8. The van der Waals surface area contributed by atoms with Gasteiger partial charge in [0, 0.05) is 15.1 Å². The van der Waals surface area contributed by atoms with Crippen LogP contribution in [-0.4, -0.2) is 5.11 Å². The number of hydrogen-bond donors (Lipinski definition) is 1. The molecule has 0 radical (unpaired) electrons. The number of halogens is 1. The van der Waals surface area contributed by atoms with Gasteiger partial charge in [0.2, 0.25) is 0 Å². The highest BCUT2D eigenvalue weighted by Gasteiger charge is 2.17. The van der Waals surface area contributed by atoms with Crippen LogP contribution in [0.5, 0.6) is 0 Å². The molecule has 1 aromatic carbocycles. The van der Waals surface area contributed by atoms with Crippen molar-refractivity contribution in [1.29, 1.82) is 0 Å². The molecule has 0 aliphatic carbocycles. The van der Waals surface area contributed by atoms with Crippen molar-refractivity contribution < 1.29 is 9.52 Å². The summed E-state index contributed by atoms with van der Waals surface area (Å²) in [5.41, 5.74) is 0.626. The zero-order valence-electron chi connectivity index (χ0n) is 9.68. The van der Waals surface area contributed by atoms with Crippen molar-refractivity contribution in [2.75, 3.05) is 0 Å². The SMILES string of the molecule is Cc1ccc(C(O)c2cc3cccc(Cl)c3o2)s1. The van der Waals surface area contributed by atoms with Crippen molar-refractivity contribution in [1.82, 2.24) is 0 Å². The van der Waals surface area contributed by atoms with E-state index in [1.165, 1.54) is 0 Å². The van der Waals surface area contributed by atoms with Crippen molar-refractivity contribution in [2.45, 2.75) is 13.0 Å². The molecule has 3 aromatic rings. The van der Waals surface area contributed by atoms with Crippen LogP contribution < -0.4 is 0 Å². The van der Waals surface area contributed by atoms with Crippen molar-refractivity contribution in [3.05, 3.63) is 56.9 Å². The summed E-state index contributed by atoms with van der Waals surface area (Å²) >= 11 is 7.61. The standard InChI is InChI=1S/C14H11ClO2S/c1-8-5-6-12(18-8)13(16)11-7-9-3-2-4-10(15)14(9)17-11/h2-7,13,16H,1H3. The lowest BCUT2D eigenvalue weighted by molar-refractivity contribution is 0.196. The van der Waals surface area contributed by atoms with Crippen molar-refractivity contribution >= 4 is 33.9 Å². The van der Waals surface area contributed by atoms with Crippen molar-refractivity contribution in [2.24, 2.45) is 0 Å². The second kappa shape index (κ2) is 4.43. The Kier molecular flexibility index (Phi) is 2.90. The highest BCUT2D eigenvalue weighted by Crippen LogP contribution is 2.34. The molecule has 0 amide bonds. The third-order valence-corrected chi connectivity index (χ3v) is 4.17. The third kappa shape index (κ3) is 1.94. The monoisotopic (exact) mass is 278 g/mol. The Morgan fingerprint density at radius 3 is 2.78 bits per heavy atom. The minimum atomic E-state index is -0.729. The van der Waals surface area contributed by atoms with E-state index in [4.69, 9.17) is 16.0 Å². The summed E-state index contributed by atoms with van der Waals surface area (Å²) in [5, 5.41) is 11.7. The van der Waals surface area contributed by atoms with Crippen LogP contribution >= 0.6 is 22.9 Å². The van der Waals surface area contributed by atoms with Gasteiger partial charge >= 0.3 is 0 Å². The highest BCUT2D eigenvalue weighted by molar-refractivity contribution is 7.12. The fourth-order valence-electron chi connectivity index (χ4n) is 1.92. The second-order valence-corrected chi connectivity index (χ2v) is 5.88. The molecular formula is C14H11ClO2S. The molecule has 2 aromatic heterocycles. The molecule has 0 fully saturated rings. The molecule has 0 bridgehead atoms. The first-order chi connectivity index (χ1) is 8.65. The van der Waals surface area contributed by atoms with Gasteiger partial charge in [-0.3, -0.25) is 0 Å². The largest absolute Gasteiger partial charge is 0.456 e. The lowest BCUT2D eigenvalue weighted by Gasteiger charge is -2.03. The van der Waals surface area contributed by atoms with Crippen LogP contribution in [-0.2, 0) is 0 Å². The molecule has 0 saturated carbocycles. The maximum Gasteiger partial charge on any atom is 0.153 e. The maximum atomic E-state index is 10.3. The molecule has 2 heterocycles. The number of thiophene rings is 1. The summed E-state index contributed by atoms with van der Waals surface area (Å²) in [6, 6.07) is 11.3. The Bertz CT molecular complexity index is 699. The minimum absolute atomic E-state index is 0.528. The van der Waals surface area contributed by atoms with E-state index in [9.17, 15) is 5.11 Å². The van der Waals surface area contributed by atoms with Gasteiger partial charge in [-0.15, -0.1) is 11.3 Å². The molecule has 0 spiro atoms. The molecule has 92 valence electrons. The van der Waals surface area contributed by atoms with Gasteiger partial charge < -0.3 is 9.52 Å². The summed E-state index contributed by atoms with van der Waals surface area (Å²) in [6.07, 6.45) is -0.729. The Labute approximate surface area is 113 Å². The predicted octanol–water partition coefficient (Wildman–Crippen LogP) is 4.54. The number of rotatable bonds is 2. The molecule has 0 aliphatic heterocycles. The van der Waals surface area contributed by atoms with Gasteiger partial charge in [0.1, 0.15) is 11.9 Å². The van der Waals surface area contributed by atoms with Crippen LogP contribution in [0, 0.1) is 6.92 Å². The molecule has 18 heavy (non-hydrogen) atoms. The quantitative estimate of drug-likeness (QED) is 0.747. The first-order valence-electron chi connectivity index (χ1n) is 5.57. The second-order valence-electron chi connectivity index (χ2n) is 4.16. The van der Waals surface area contributed by atoms with Crippen LogP contribution in [0.1, 0.15) is 21.6 Å². The van der Waals surface area contributed by atoms with Gasteiger partial charge in [-0.05, 0) is 31.2 Å². The van der Waals surface area contributed by atoms with E-state index in [0.29, 0.717) is 16.4 Å². The van der Waals surface area contributed by atoms with Gasteiger partial charge in [-0.25, -0.2) is 0 Å². The normalized spacial score (nSPS) is 13.1. The Morgan fingerprint density at radius 1 is 1.28 bits per heavy atom. The number of fused-ring (bicyclic) bond motifs is 1. The van der Waals surface area contributed by atoms with E-state index in [1.807, 2.05) is 37.3 Å². The number of aliphatic hydroxyl groups is 1. The average molecular weight is 279 g/mol. The van der Waals surface area contributed by atoms with Crippen LogP contribution in [0.3, 0.4) is 0 Å². The predicted molar refractivity (Wildman–Crippen MR) is 74.3 cm³/mol. The summed E-state index contributed by atoms with van der Waals surface area (Å²) in [4.78, 5) is 2.04. The van der Waals surface area contributed by atoms with E-state index in [0.717, 1.165) is 15.1 Å². The van der Waals surface area contributed by atoms with E-state index in [-0.39, 0.29) is 0 Å². The van der Waals surface area contributed by atoms with Gasteiger partial charge in [0.05, 0.1) is 5.02 Å². The number of hydrogen-bond acceptors (Lipinski definition) is 3. The van der Waals surface area contributed by atoms with E-state index in [1.54, 1.807) is 17.4 Å². The molecule has 4 heteroatoms. The fourth-order valence-corrected chi connectivity index (χ4v) is 3.01. The lowest BCUT2D eigenvalue weighted by atomic mass is 10.2. The zero-order chi connectivity index (χ0) is 12.7. The topological polar surface area (TPSA) is 33.4 Å². The van der Waals surface area contributed by atoms with Gasteiger partial charge in [0.25, 0.3) is 0 Å². The maximum absolute atomic E-state index is 10.3. The summed E-state index contributed by atoms with van der Waals surface area (Å²) in [5.74, 6) is 0.528. The van der Waals surface area contributed by atoms with Crippen LogP contribution in [0.4, 0.5) is 0 Å². The smallest absolute Gasteiger partial charge is 0.153 e. The molecule has 1 N–H and O–H groups in total. The van der Waals surface area contributed by atoms with E-state index < -0.39 is 6.10 Å². The average Bonchev–Trinajstić information content (AvgIpc) is 2.95. The van der Waals surface area contributed by atoms with Crippen LogP contribution in [0.25, 0.3) is 11.0 Å². The molecule has 0 aliphatic rings. The van der Waals surface area contributed by atoms with Crippen LogP contribution in [0.15, 0.2) is 40.8 Å². The van der Waals surface area contributed by atoms with E-state index >= 15 is 0 Å². The van der Waals surface area contributed by atoms with Crippen molar-refractivity contribution in [3.8, 4) is 0 Å². The Hall–Kier alpha value is -1.29. The number of aryl methyl sites for hydroxylation is 1. The number of para-hydroxylation sites is 1. The number of benzene rings is 1. The Morgan fingerprint density at radius 2 is 2.11 bits per heavy atom. The van der Waals surface area contributed by atoms with E-state index in [2.05, 4.69) is 0 Å². The summed E-state index contributed by atoms with van der Waals surface area (Å²) in [7, 11) is 0. The molecular weight excluding hydrogens is 268 g/mol. The fraction of sp³-hybridized carbons (Fsp3) is 0.143.